The third kappa shape index (κ3) is 4.53. The first-order valence-electron chi connectivity index (χ1n) is 13.4. The summed E-state index contributed by atoms with van der Waals surface area (Å²) in [5.74, 6) is 0.639. The zero-order valence-corrected chi connectivity index (χ0v) is 21.5. The molecule has 0 saturated carbocycles. The fraction of sp³-hybridized carbons (Fsp3) is 0.226. The molecule has 0 radical (unpaired) electrons. The molecule has 1 saturated heterocycles. The molecule has 39 heavy (non-hydrogen) atoms. The Balaban J connectivity index is 1.23. The molecule has 3 aromatic heterocycles. The lowest BCUT2D eigenvalue weighted by Gasteiger charge is -2.19. The summed E-state index contributed by atoms with van der Waals surface area (Å²) in [6.45, 7) is 3.13. The van der Waals surface area contributed by atoms with Crippen molar-refractivity contribution in [1.82, 2.24) is 24.6 Å². The van der Waals surface area contributed by atoms with Crippen LogP contribution in [0.25, 0.3) is 28.7 Å². The van der Waals surface area contributed by atoms with Crippen molar-refractivity contribution in [1.29, 1.82) is 0 Å². The topological polar surface area (TPSA) is 89.1 Å². The average molecular weight is 517 g/mol. The number of anilines is 1. The second kappa shape index (κ2) is 9.96. The number of furan rings is 1. The van der Waals surface area contributed by atoms with Crippen molar-refractivity contribution in [2.75, 3.05) is 18.4 Å². The number of hydrogen-bond donors (Lipinski definition) is 1. The number of likely N-dealkylation sites (tertiary alicyclic amines) is 1. The van der Waals surface area contributed by atoms with Crippen LogP contribution in [0.2, 0.25) is 0 Å². The highest BCUT2D eigenvalue weighted by atomic mass is 16.3. The molecule has 0 atom stereocenters. The number of fused-ring (bicyclic) bond motifs is 3. The van der Waals surface area contributed by atoms with Gasteiger partial charge in [-0.05, 0) is 79.7 Å². The molecule has 4 heterocycles. The average Bonchev–Trinajstić information content (AvgIpc) is 3.75. The highest BCUT2D eigenvalue weighted by Crippen LogP contribution is 2.33. The minimum Gasteiger partial charge on any atom is -0.463 e. The molecular formula is C31H28N6O2. The number of amides is 1. The fourth-order valence-electron chi connectivity index (χ4n) is 5.62. The standard InChI is InChI=1S/C31H28N6O2/c38-30(34-24-9-5-7-21(17-24)20-36-14-3-4-15-36)26-19-33-37(29(26)27-11-6-16-39-27)31-32-18-23-13-12-22-8-1-2-10-25(22)28(23)35-31/h1-2,5-11,16-19H,3-4,12-15,20H2,(H,34,38). The number of nitrogens with zero attached hydrogens (tertiary/aromatic N) is 5. The lowest BCUT2D eigenvalue weighted by Crippen LogP contribution is -2.18. The Morgan fingerprint density at radius 1 is 0.949 bits per heavy atom. The second-order valence-electron chi connectivity index (χ2n) is 10.1. The van der Waals surface area contributed by atoms with Crippen molar-refractivity contribution in [3.8, 4) is 28.7 Å². The summed E-state index contributed by atoms with van der Waals surface area (Å²) in [5, 5.41) is 7.62. The normalized spacial score (nSPS) is 14.7. The summed E-state index contributed by atoms with van der Waals surface area (Å²) < 4.78 is 7.33. The molecule has 8 heteroatoms. The van der Waals surface area contributed by atoms with Gasteiger partial charge in [-0.2, -0.15) is 9.78 Å². The third-order valence-corrected chi connectivity index (χ3v) is 7.54. The summed E-state index contributed by atoms with van der Waals surface area (Å²) in [6.07, 6.45) is 9.36. The molecule has 1 amide bonds. The van der Waals surface area contributed by atoms with E-state index in [0.717, 1.165) is 55.0 Å². The fourth-order valence-corrected chi connectivity index (χ4v) is 5.62. The number of carbonyl (C=O) groups excluding carboxylic acids is 1. The predicted molar refractivity (Wildman–Crippen MR) is 149 cm³/mol. The van der Waals surface area contributed by atoms with Crippen LogP contribution in [-0.2, 0) is 19.4 Å². The molecule has 7 rings (SSSR count). The molecule has 1 aliphatic heterocycles. The van der Waals surface area contributed by atoms with Gasteiger partial charge in [-0.3, -0.25) is 9.69 Å². The Morgan fingerprint density at radius 3 is 2.69 bits per heavy atom. The first-order valence-corrected chi connectivity index (χ1v) is 13.4. The number of benzene rings is 2. The van der Waals surface area contributed by atoms with Crippen LogP contribution in [0.15, 0.2) is 83.7 Å². The van der Waals surface area contributed by atoms with Gasteiger partial charge in [0.25, 0.3) is 11.9 Å². The SMILES string of the molecule is O=C(Nc1cccc(CN2CCCC2)c1)c1cnn(-c2ncc3c(n2)-c2ccccc2CC3)c1-c1ccco1. The summed E-state index contributed by atoms with van der Waals surface area (Å²) in [5.41, 5.74) is 7.22. The second-order valence-corrected chi connectivity index (χ2v) is 10.1. The van der Waals surface area contributed by atoms with Crippen molar-refractivity contribution < 1.29 is 9.21 Å². The minimum absolute atomic E-state index is 0.269. The van der Waals surface area contributed by atoms with Crippen LogP contribution < -0.4 is 5.32 Å². The molecule has 1 aliphatic carbocycles. The summed E-state index contributed by atoms with van der Waals surface area (Å²) in [7, 11) is 0. The van der Waals surface area contributed by atoms with E-state index in [1.54, 1.807) is 23.2 Å². The number of carbonyl (C=O) groups is 1. The van der Waals surface area contributed by atoms with Gasteiger partial charge in [-0.1, -0.05) is 36.4 Å². The van der Waals surface area contributed by atoms with Gasteiger partial charge in [0.2, 0.25) is 0 Å². The van der Waals surface area contributed by atoms with Crippen LogP contribution >= 0.6 is 0 Å². The predicted octanol–water partition coefficient (Wildman–Crippen LogP) is 5.54. The molecular weight excluding hydrogens is 488 g/mol. The Morgan fingerprint density at radius 2 is 1.82 bits per heavy atom. The lowest BCUT2D eigenvalue weighted by atomic mass is 9.90. The summed E-state index contributed by atoms with van der Waals surface area (Å²) >= 11 is 0. The summed E-state index contributed by atoms with van der Waals surface area (Å²) in [6, 6.07) is 20.0. The van der Waals surface area contributed by atoms with Crippen LogP contribution in [0.4, 0.5) is 5.69 Å². The van der Waals surface area contributed by atoms with E-state index >= 15 is 0 Å². The highest BCUT2D eigenvalue weighted by Gasteiger charge is 2.25. The largest absolute Gasteiger partial charge is 0.463 e. The van der Waals surface area contributed by atoms with E-state index in [1.165, 1.54) is 24.0 Å². The molecule has 2 aliphatic rings. The highest BCUT2D eigenvalue weighted by molar-refractivity contribution is 6.08. The zero-order valence-electron chi connectivity index (χ0n) is 21.5. The summed E-state index contributed by atoms with van der Waals surface area (Å²) in [4.78, 5) is 25.6. The van der Waals surface area contributed by atoms with Crippen LogP contribution in [0.1, 0.15) is 39.9 Å². The lowest BCUT2D eigenvalue weighted by molar-refractivity contribution is 0.102. The van der Waals surface area contributed by atoms with E-state index < -0.39 is 0 Å². The van der Waals surface area contributed by atoms with Crippen molar-refractivity contribution in [3.63, 3.8) is 0 Å². The molecule has 2 aromatic carbocycles. The maximum Gasteiger partial charge on any atom is 0.259 e. The van der Waals surface area contributed by atoms with E-state index in [0.29, 0.717) is 23.0 Å². The number of rotatable bonds is 6. The first-order chi connectivity index (χ1) is 19.2. The van der Waals surface area contributed by atoms with Crippen LogP contribution in [-0.4, -0.2) is 43.6 Å². The smallest absolute Gasteiger partial charge is 0.259 e. The van der Waals surface area contributed by atoms with Gasteiger partial charge in [0.1, 0.15) is 5.69 Å². The molecule has 8 nitrogen and oxygen atoms in total. The molecule has 5 aromatic rings. The van der Waals surface area contributed by atoms with Crippen molar-refractivity contribution in [3.05, 3.63) is 102 Å². The quantitative estimate of drug-likeness (QED) is 0.319. The minimum atomic E-state index is -0.269. The van der Waals surface area contributed by atoms with Gasteiger partial charge in [-0.25, -0.2) is 9.97 Å². The van der Waals surface area contributed by atoms with Crippen LogP contribution in [0.3, 0.4) is 0 Å². The molecule has 194 valence electrons. The maximum atomic E-state index is 13.6. The Kier molecular flexibility index (Phi) is 6.01. The maximum absolute atomic E-state index is 13.6. The Labute approximate surface area is 226 Å². The van der Waals surface area contributed by atoms with E-state index in [1.807, 2.05) is 36.5 Å². The first kappa shape index (κ1) is 23.5. The van der Waals surface area contributed by atoms with E-state index in [4.69, 9.17) is 9.40 Å². The Bertz CT molecular complexity index is 1650. The van der Waals surface area contributed by atoms with E-state index in [9.17, 15) is 4.79 Å². The number of aromatic nitrogens is 4. The molecule has 0 spiro atoms. The third-order valence-electron chi connectivity index (χ3n) is 7.54. The van der Waals surface area contributed by atoms with E-state index in [-0.39, 0.29) is 5.91 Å². The number of hydrogen-bond acceptors (Lipinski definition) is 6. The number of aryl methyl sites for hydroxylation is 2. The van der Waals surface area contributed by atoms with Crippen molar-refractivity contribution in [2.45, 2.75) is 32.2 Å². The molecule has 0 bridgehead atoms. The molecule has 1 fully saturated rings. The van der Waals surface area contributed by atoms with Gasteiger partial charge >= 0.3 is 0 Å². The van der Waals surface area contributed by atoms with Gasteiger partial charge in [0.15, 0.2) is 5.76 Å². The van der Waals surface area contributed by atoms with Gasteiger partial charge in [0, 0.05) is 24.0 Å². The Hall–Kier alpha value is -4.56. The van der Waals surface area contributed by atoms with Gasteiger partial charge in [-0.15, -0.1) is 0 Å². The molecule has 1 N–H and O–H groups in total. The molecule has 0 unspecified atom stereocenters. The van der Waals surface area contributed by atoms with Crippen molar-refractivity contribution in [2.24, 2.45) is 0 Å². The van der Waals surface area contributed by atoms with Gasteiger partial charge in [0.05, 0.1) is 23.7 Å². The van der Waals surface area contributed by atoms with Crippen molar-refractivity contribution >= 4 is 11.6 Å². The zero-order chi connectivity index (χ0) is 26.2. The van der Waals surface area contributed by atoms with Gasteiger partial charge < -0.3 is 9.73 Å². The number of nitrogens with one attached hydrogen (secondary N) is 1. The van der Waals surface area contributed by atoms with Crippen LogP contribution in [0.5, 0.6) is 0 Å². The van der Waals surface area contributed by atoms with E-state index in [2.05, 4.69) is 44.6 Å². The van der Waals surface area contributed by atoms with Crippen LogP contribution in [0, 0.1) is 0 Å². The monoisotopic (exact) mass is 516 g/mol.